The van der Waals surface area contributed by atoms with Gasteiger partial charge in [-0.05, 0) is 0 Å². The molecular weight excluding hydrogens is 182 g/mol. The highest BCUT2D eigenvalue weighted by atomic mass is 16.2. The van der Waals surface area contributed by atoms with Crippen molar-refractivity contribution in [3.63, 3.8) is 0 Å². The third kappa shape index (κ3) is 0.413. The lowest BCUT2D eigenvalue weighted by Gasteiger charge is -2.10. The largest absolute Gasteiger partial charge is 0.293 e. The summed E-state index contributed by atoms with van der Waals surface area (Å²) in [5, 5.41) is 20.0. The highest BCUT2D eigenvalue weighted by molar-refractivity contribution is 6.19. The normalized spacial score (nSPS) is 42.0. The number of nitrogens with zero attached hydrogens (tertiary/aromatic N) is 2. The summed E-state index contributed by atoms with van der Waals surface area (Å²) >= 11 is 0. The number of carbonyl (C=O) groups is 2. The van der Waals surface area contributed by atoms with Crippen LogP contribution in [0.3, 0.4) is 0 Å². The average molecular weight is 189 g/mol. The number of piperidine rings is 1. The lowest BCUT2D eigenvalue weighted by molar-refractivity contribution is -0.130. The van der Waals surface area contributed by atoms with E-state index in [9.17, 15) is 9.59 Å². The van der Waals surface area contributed by atoms with Crippen molar-refractivity contribution in [2.45, 2.75) is 13.8 Å². The van der Waals surface area contributed by atoms with Crippen LogP contribution in [0.2, 0.25) is 0 Å². The van der Waals surface area contributed by atoms with Gasteiger partial charge in [0, 0.05) is 5.41 Å². The van der Waals surface area contributed by atoms with Crippen molar-refractivity contribution in [1.29, 1.82) is 10.5 Å². The van der Waals surface area contributed by atoms with Gasteiger partial charge in [0.05, 0.1) is 12.1 Å². The monoisotopic (exact) mass is 189 g/mol. The zero-order chi connectivity index (χ0) is 10.8. The van der Waals surface area contributed by atoms with E-state index in [0.717, 1.165) is 0 Å². The van der Waals surface area contributed by atoms with Crippen LogP contribution in [-0.4, -0.2) is 11.8 Å². The Morgan fingerprint density at radius 3 is 1.64 bits per heavy atom. The first-order valence-electron chi connectivity index (χ1n) is 4.11. The molecule has 2 atom stereocenters. The van der Waals surface area contributed by atoms with Crippen molar-refractivity contribution in [2.75, 3.05) is 0 Å². The van der Waals surface area contributed by atoms with Crippen LogP contribution < -0.4 is 5.32 Å². The molecule has 14 heavy (non-hydrogen) atoms. The fourth-order valence-electron chi connectivity index (χ4n) is 2.62. The molecule has 2 fully saturated rings. The second-order valence-electron chi connectivity index (χ2n) is 4.13. The number of amides is 2. The molecule has 0 spiro atoms. The van der Waals surface area contributed by atoms with E-state index in [4.69, 9.17) is 10.5 Å². The molecule has 0 bridgehead atoms. The first-order valence-corrected chi connectivity index (χ1v) is 4.11. The molecule has 1 aliphatic heterocycles. The molecule has 1 saturated heterocycles. The van der Waals surface area contributed by atoms with Crippen LogP contribution >= 0.6 is 0 Å². The molecule has 1 aliphatic carbocycles. The third-order valence-corrected chi connectivity index (χ3v) is 3.62. The summed E-state index contributed by atoms with van der Waals surface area (Å²) in [5.74, 6) is -1.28. The topological polar surface area (TPSA) is 93.8 Å². The second-order valence-corrected chi connectivity index (χ2v) is 4.13. The van der Waals surface area contributed by atoms with E-state index < -0.39 is 28.1 Å². The number of rotatable bonds is 0. The van der Waals surface area contributed by atoms with Crippen molar-refractivity contribution in [3.8, 4) is 12.1 Å². The van der Waals surface area contributed by atoms with Crippen LogP contribution in [0.4, 0.5) is 0 Å². The highest BCUT2D eigenvalue weighted by Gasteiger charge is 2.95. The highest BCUT2D eigenvalue weighted by Crippen LogP contribution is 2.79. The van der Waals surface area contributed by atoms with Crippen molar-refractivity contribution < 1.29 is 9.59 Å². The zero-order valence-corrected chi connectivity index (χ0v) is 7.71. The van der Waals surface area contributed by atoms with Crippen LogP contribution in [-0.2, 0) is 9.59 Å². The summed E-state index contributed by atoms with van der Waals surface area (Å²) in [5.41, 5.74) is -3.85. The van der Waals surface area contributed by atoms with Gasteiger partial charge in [0.1, 0.15) is 0 Å². The fourth-order valence-corrected chi connectivity index (χ4v) is 2.62. The van der Waals surface area contributed by atoms with Gasteiger partial charge in [0.2, 0.25) is 11.8 Å². The van der Waals surface area contributed by atoms with Crippen molar-refractivity contribution in [2.24, 2.45) is 16.2 Å². The van der Waals surface area contributed by atoms with Gasteiger partial charge in [-0.15, -0.1) is 0 Å². The SMILES string of the molecule is CC1(C)[C@]2(C#N)C(=O)NC(=O)[C@@]12C#N. The van der Waals surface area contributed by atoms with E-state index in [2.05, 4.69) is 0 Å². The molecule has 1 saturated carbocycles. The van der Waals surface area contributed by atoms with Gasteiger partial charge in [-0.25, -0.2) is 0 Å². The van der Waals surface area contributed by atoms with E-state index in [1.165, 1.54) is 0 Å². The molecule has 1 N–H and O–H groups in total. The quantitative estimate of drug-likeness (QED) is 0.529. The summed E-state index contributed by atoms with van der Waals surface area (Å²) in [6, 6.07) is 3.64. The van der Waals surface area contributed by atoms with Crippen LogP contribution in [0.5, 0.6) is 0 Å². The molecule has 70 valence electrons. The van der Waals surface area contributed by atoms with E-state index in [1.807, 2.05) is 17.5 Å². The van der Waals surface area contributed by atoms with Gasteiger partial charge in [-0.1, -0.05) is 13.8 Å². The maximum atomic E-state index is 11.5. The zero-order valence-electron chi connectivity index (χ0n) is 7.71. The maximum absolute atomic E-state index is 11.5. The fraction of sp³-hybridized carbons (Fsp3) is 0.556. The standard InChI is InChI=1S/C9H7N3O2/c1-7(2)8(3-10)5(13)12-6(14)9(7,8)4-11/h1-2H3,(H,12,13,14)/t8-,9-/m0/s1. The molecular formula is C9H7N3O2. The summed E-state index contributed by atoms with van der Waals surface area (Å²) in [7, 11) is 0. The Hall–Kier alpha value is -1.88. The Labute approximate surface area is 80.3 Å². The number of nitriles is 2. The number of hydrogen-bond acceptors (Lipinski definition) is 4. The lowest BCUT2D eigenvalue weighted by atomic mass is 9.96. The molecule has 2 rings (SSSR count). The minimum absolute atomic E-state index is 0.642. The van der Waals surface area contributed by atoms with Crippen molar-refractivity contribution in [1.82, 2.24) is 5.32 Å². The van der Waals surface area contributed by atoms with E-state index in [1.54, 1.807) is 13.8 Å². The Morgan fingerprint density at radius 2 is 1.43 bits per heavy atom. The van der Waals surface area contributed by atoms with Crippen molar-refractivity contribution in [3.05, 3.63) is 0 Å². The number of carbonyl (C=O) groups excluding carboxylic acids is 2. The van der Waals surface area contributed by atoms with Gasteiger partial charge >= 0.3 is 0 Å². The summed E-state index contributed by atoms with van der Waals surface area (Å²) < 4.78 is 0. The molecule has 5 heteroatoms. The Balaban J connectivity index is 2.74. The predicted molar refractivity (Wildman–Crippen MR) is 43.0 cm³/mol. The van der Waals surface area contributed by atoms with Crippen LogP contribution in [0.15, 0.2) is 0 Å². The smallest absolute Gasteiger partial charge is 0.249 e. The first-order chi connectivity index (χ1) is 6.42. The average Bonchev–Trinajstić information content (AvgIpc) is 2.43. The second kappa shape index (κ2) is 1.80. The first kappa shape index (κ1) is 8.71. The van der Waals surface area contributed by atoms with Crippen LogP contribution in [0.25, 0.3) is 0 Å². The third-order valence-electron chi connectivity index (χ3n) is 3.62. The molecule has 2 amide bonds. The molecule has 0 aromatic heterocycles. The van der Waals surface area contributed by atoms with Crippen molar-refractivity contribution >= 4 is 11.8 Å². The number of fused-ring (bicyclic) bond motifs is 1. The molecule has 1 heterocycles. The van der Waals surface area contributed by atoms with E-state index in [-0.39, 0.29) is 0 Å². The molecule has 0 radical (unpaired) electrons. The summed E-state index contributed by atoms with van der Waals surface area (Å²) in [6.45, 7) is 3.19. The number of hydrogen-bond donors (Lipinski definition) is 1. The van der Waals surface area contributed by atoms with Gasteiger partial charge < -0.3 is 0 Å². The maximum Gasteiger partial charge on any atom is 0.249 e. The molecule has 0 aromatic carbocycles. The predicted octanol–water partition coefficient (Wildman–Crippen LogP) is -0.297. The molecule has 0 aromatic rings. The Bertz CT molecular complexity index is 414. The summed E-state index contributed by atoms with van der Waals surface area (Å²) in [6.07, 6.45) is 0. The lowest BCUT2D eigenvalue weighted by Crippen LogP contribution is -2.35. The number of nitrogens with one attached hydrogen (secondary N) is 1. The molecule has 5 nitrogen and oxygen atoms in total. The van der Waals surface area contributed by atoms with E-state index >= 15 is 0 Å². The van der Waals surface area contributed by atoms with E-state index in [0.29, 0.717) is 0 Å². The Morgan fingerprint density at radius 1 is 1.07 bits per heavy atom. The Kier molecular flexibility index (Phi) is 1.12. The minimum atomic E-state index is -1.48. The van der Waals surface area contributed by atoms with Gasteiger partial charge in [-0.2, -0.15) is 10.5 Å². The van der Waals surface area contributed by atoms with Gasteiger partial charge in [0.15, 0.2) is 10.8 Å². The molecule has 0 unspecified atom stereocenters. The minimum Gasteiger partial charge on any atom is -0.293 e. The van der Waals surface area contributed by atoms with Crippen LogP contribution in [0.1, 0.15) is 13.8 Å². The van der Waals surface area contributed by atoms with Crippen LogP contribution in [0, 0.1) is 38.9 Å². The number of imide groups is 1. The molecule has 2 aliphatic rings. The van der Waals surface area contributed by atoms with Gasteiger partial charge in [-0.3, -0.25) is 14.9 Å². The van der Waals surface area contributed by atoms with Gasteiger partial charge in [0.25, 0.3) is 0 Å². The summed E-state index contributed by atoms with van der Waals surface area (Å²) in [4.78, 5) is 22.9.